The molecule has 0 saturated carbocycles. The highest BCUT2D eigenvalue weighted by Crippen LogP contribution is 2.33. The fourth-order valence-corrected chi connectivity index (χ4v) is 4.39. The first-order valence-corrected chi connectivity index (χ1v) is 11.5. The van der Waals surface area contributed by atoms with Crippen LogP contribution in [0.3, 0.4) is 0 Å². The normalized spacial score (nSPS) is 13.8. The number of anilines is 4. The largest absolute Gasteiger partial charge is 0.495 e. The second-order valence-corrected chi connectivity index (χ2v) is 8.25. The summed E-state index contributed by atoms with van der Waals surface area (Å²) in [7, 11) is 1.71. The van der Waals surface area contributed by atoms with Gasteiger partial charge in [-0.15, -0.1) is 0 Å². The zero-order valence-electron chi connectivity index (χ0n) is 19.5. The van der Waals surface area contributed by atoms with Crippen molar-refractivity contribution in [2.75, 3.05) is 48.9 Å². The minimum atomic E-state index is 0.668. The Morgan fingerprint density at radius 2 is 2.00 bits per heavy atom. The second kappa shape index (κ2) is 9.58. The fourth-order valence-electron chi connectivity index (χ4n) is 4.39. The van der Waals surface area contributed by atoms with Gasteiger partial charge in [0.1, 0.15) is 5.75 Å². The number of hydrazine groups is 1. The number of nitrogens with two attached hydrogens (primary N) is 1. The Labute approximate surface area is 198 Å². The van der Waals surface area contributed by atoms with E-state index in [0.717, 1.165) is 77.9 Å². The van der Waals surface area contributed by atoms with Gasteiger partial charge in [-0.1, -0.05) is 19.1 Å². The Hall–Kier alpha value is -3.82. The quantitative estimate of drug-likeness (QED) is 0.247. The molecular weight excluding hydrogens is 428 g/mol. The lowest BCUT2D eigenvalue weighted by atomic mass is 10.1. The number of benzene rings is 2. The molecule has 3 heterocycles. The molecule has 5 rings (SSSR count). The number of nitrogen functional groups attached to an aromatic ring is 1. The average molecular weight is 459 g/mol. The van der Waals surface area contributed by atoms with Crippen molar-refractivity contribution < 1.29 is 4.74 Å². The van der Waals surface area contributed by atoms with Crippen molar-refractivity contribution in [2.24, 2.45) is 5.84 Å². The molecule has 1 aliphatic heterocycles. The van der Waals surface area contributed by atoms with Gasteiger partial charge in [0.2, 0.25) is 0 Å². The molecular formula is C25H30N8O. The number of piperazine rings is 1. The van der Waals surface area contributed by atoms with Gasteiger partial charge in [0, 0.05) is 62.1 Å². The van der Waals surface area contributed by atoms with Crippen LogP contribution in [0.15, 0.2) is 55.0 Å². The van der Waals surface area contributed by atoms with Crippen molar-refractivity contribution in [3.63, 3.8) is 0 Å². The van der Waals surface area contributed by atoms with Crippen LogP contribution in [0.25, 0.3) is 16.9 Å². The molecule has 0 radical (unpaired) electrons. The van der Waals surface area contributed by atoms with E-state index in [1.165, 1.54) is 0 Å². The Kier molecular flexibility index (Phi) is 6.20. The van der Waals surface area contributed by atoms with E-state index in [9.17, 15) is 0 Å². The Bertz CT molecular complexity index is 1300. The lowest BCUT2D eigenvalue weighted by Gasteiger charge is -2.30. The Morgan fingerprint density at radius 1 is 1.15 bits per heavy atom. The molecule has 9 nitrogen and oxygen atoms in total. The van der Waals surface area contributed by atoms with E-state index in [2.05, 4.69) is 57.1 Å². The highest BCUT2D eigenvalue weighted by molar-refractivity contribution is 5.77. The first-order chi connectivity index (χ1) is 16.7. The van der Waals surface area contributed by atoms with Crippen molar-refractivity contribution in [3.8, 4) is 17.0 Å². The molecule has 2 aromatic carbocycles. The van der Waals surface area contributed by atoms with Crippen LogP contribution in [0, 0.1) is 0 Å². The van der Waals surface area contributed by atoms with Crippen LogP contribution < -0.4 is 31.5 Å². The molecule has 4 aromatic rings. The average Bonchev–Trinajstić information content (AvgIpc) is 3.38. The van der Waals surface area contributed by atoms with Gasteiger partial charge >= 0.3 is 0 Å². The molecule has 34 heavy (non-hydrogen) atoms. The molecule has 1 saturated heterocycles. The molecule has 0 spiro atoms. The number of hydrogen-bond donors (Lipinski definition) is 4. The van der Waals surface area contributed by atoms with E-state index >= 15 is 0 Å². The molecule has 1 fully saturated rings. The maximum atomic E-state index is 5.76. The van der Waals surface area contributed by atoms with Crippen molar-refractivity contribution in [2.45, 2.75) is 13.3 Å². The number of rotatable bonds is 7. The molecule has 0 amide bonds. The number of fused-ring (bicyclic) bond motifs is 1. The number of nitrogens with zero attached hydrogens (tertiary/aromatic N) is 4. The molecule has 5 N–H and O–H groups in total. The van der Waals surface area contributed by atoms with Crippen molar-refractivity contribution in [3.05, 3.63) is 60.6 Å². The second-order valence-electron chi connectivity index (χ2n) is 8.25. The van der Waals surface area contributed by atoms with Crippen molar-refractivity contribution in [1.29, 1.82) is 0 Å². The van der Waals surface area contributed by atoms with Gasteiger partial charge in [0.25, 0.3) is 0 Å². The first kappa shape index (κ1) is 22.0. The topological polar surface area (TPSA) is 105 Å². The molecule has 0 atom stereocenters. The number of aryl methyl sites for hydroxylation is 1. The lowest BCUT2D eigenvalue weighted by Crippen LogP contribution is -2.43. The zero-order chi connectivity index (χ0) is 23.5. The van der Waals surface area contributed by atoms with Gasteiger partial charge in [-0.05, 0) is 30.2 Å². The highest BCUT2D eigenvalue weighted by atomic mass is 16.5. The third-order valence-corrected chi connectivity index (χ3v) is 6.22. The van der Waals surface area contributed by atoms with E-state index in [1.54, 1.807) is 13.3 Å². The monoisotopic (exact) mass is 458 g/mol. The van der Waals surface area contributed by atoms with Crippen LogP contribution in [0.4, 0.5) is 22.9 Å². The predicted octanol–water partition coefficient (Wildman–Crippen LogP) is 3.41. The van der Waals surface area contributed by atoms with Gasteiger partial charge in [0.15, 0.2) is 11.5 Å². The highest BCUT2D eigenvalue weighted by Gasteiger charge is 2.16. The maximum absolute atomic E-state index is 5.76. The van der Waals surface area contributed by atoms with Crippen LogP contribution in [-0.2, 0) is 6.42 Å². The van der Waals surface area contributed by atoms with E-state index in [-0.39, 0.29) is 0 Å². The van der Waals surface area contributed by atoms with E-state index < -0.39 is 0 Å². The van der Waals surface area contributed by atoms with Gasteiger partial charge in [-0.25, -0.2) is 9.97 Å². The van der Waals surface area contributed by atoms with Crippen LogP contribution in [-0.4, -0.2) is 47.7 Å². The van der Waals surface area contributed by atoms with Gasteiger partial charge in [-0.2, -0.15) is 0 Å². The molecule has 0 aliphatic carbocycles. The molecule has 176 valence electrons. The summed E-state index contributed by atoms with van der Waals surface area (Å²) < 4.78 is 7.70. The Balaban J connectivity index is 1.50. The molecule has 0 unspecified atom stereocenters. The smallest absolute Gasteiger partial charge is 0.180 e. The third-order valence-electron chi connectivity index (χ3n) is 6.22. The van der Waals surface area contributed by atoms with Crippen molar-refractivity contribution >= 4 is 28.5 Å². The minimum Gasteiger partial charge on any atom is -0.495 e. The summed E-state index contributed by atoms with van der Waals surface area (Å²) in [5, 5.41) is 6.84. The summed E-state index contributed by atoms with van der Waals surface area (Å²) in [6.45, 7) is 5.96. The number of ether oxygens (including phenoxy) is 1. The standard InChI is InChI=1S/C25H30N8O/c1-3-17-4-5-18(14-20(17)31-26)21-16-33-13-10-28-25(33)24(30-21)29-19-6-7-22(23(15-19)34-2)32-11-8-27-9-12-32/h4-7,10,13-16,27,31H,3,8-9,11-12,26H2,1-2H3,(H,29,30). The third kappa shape index (κ3) is 4.23. The van der Waals surface area contributed by atoms with Gasteiger partial charge in [0.05, 0.1) is 24.2 Å². The first-order valence-electron chi connectivity index (χ1n) is 11.5. The molecule has 9 heteroatoms. The van der Waals surface area contributed by atoms with E-state index in [4.69, 9.17) is 15.6 Å². The Morgan fingerprint density at radius 3 is 2.76 bits per heavy atom. The predicted molar refractivity (Wildman–Crippen MR) is 137 cm³/mol. The minimum absolute atomic E-state index is 0.668. The number of methoxy groups -OCH3 is 1. The summed E-state index contributed by atoms with van der Waals surface area (Å²) in [5.74, 6) is 7.25. The van der Waals surface area contributed by atoms with Gasteiger partial charge < -0.3 is 30.1 Å². The molecule has 2 aromatic heterocycles. The number of aromatic nitrogens is 3. The fraction of sp³-hybridized carbons (Fsp3) is 0.280. The summed E-state index contributed by atoms with van der Waals surface area (Å²) in [5.41, 5.74) is 9.37. The van der Waals surface area contributed by atoms with Crippen LogP contribution >= 0.6 is 0 Å². The summed E-state index contributed by atoms with van der Waals surface area (Å²) >= 11 is 0. The SMILES string of the molecule is CCc1ccc(-c2cn3ccnc3c(Nc3ccc(N4CCNCC4)c(OC)c3)n2)cc1NN. The van der Waals surface area contributed by atoms with Crippen molar-refractivity contribution in [1.82, 2.24) is 19.7 Å². The number of imidazole rings is 1. The summed E-state index contributed by atoms with van der Waals surface area (Å²) in [6.07, 6.45) is 6.56. The summed E-state index contributed by atoms with van der Waals surface area (Å²) in [4.78, 5) is 11.8. The summed E-state index contributed by atoms with van der Waals surface area (Å²) in [6, 6.07) is 12.3. The van der Waals surface area contributed by atoms with Crippen LogP contribution in [0.1, 0.15) is 12.5 Å². The van der Waals surface area contributed by atoms with Gasteiger partial charge in [-0.3, -0.25) is 5.84 Å². The zero-order valence-corrected chi connectivity index (χ0v) is 19.5. The number of hydrogen-bond acceptors (Lipinski definition) is 8. The van der Waals surface area contributed by atoms with Crippen LogP contribution in [0.2, 0.25) is 0 Å². The van der Waals surface area contributed by atoms with E-state index in [0.29, 0.717) is 5.82 Å². The maximum Gasteiger partial charge on any atom is 0.180 e. The van der Waals surface area contributed by atoms with Crippen LogP contribution in [0.5, 0.6) is 5.75 Å². The molecule has 1 aliphatic rings. The number of nitrogens with one attached hydrogen (secondary N) is 3. The van der Waals surface area contributed by atoms with E-state index in [1.807, 2.05) is 28.9 Å². The lowest BCUT2D eigenvalue weighted by molar-refractivity contribution is 0.413. The molecule has 0 bridgehead atoms.